The molecule has 0 saturated heterocycles. The monoisotopic (exact) mass is 387 g/mol. The van der Waals surface area contributed by atoms with Gasteiger partial charge in [0.1, 0.15) is 10.6 Å². The largest absolute Gasteiger partial charge is 0.495 e. The minimum absolute atomic E-state index is 0.0581. The van der Waals surface area contributed by atoms with Crippen LogP contribution in [0.15, 0.2) is 23.1 Å². The van der Waals surface area contributed by atoms with Gasteiger partial charge in [-0.15, -0.1) is 0 Å². The van der Waals surface area contributed by atoms with Crippen LogP contribution >= 0.6 is 0 Å². The molecule has 1 aromatic carbocycles. The van der Waals surface area contributed by atoms with Crippen LogP contribution in [0.4, 0.5) is 0 Å². The first kappa shape index (κ1) is 21.9. The van der Waals surface area contributed by atoms with E-state index < -0.39 is 15.9 Å². The normalized spacial score (nSPS) is 11.3. The fourth-order valence-electron chi connectivity index (χ4n) is 2.00. The van der Waals surface area contributed by atoms with E-state index in [1.54, 1.807) is 0 Å². The van der Waals surface area contributed by atoms with Gasteiger partial charge in [-0.2, -0.15) is 0 Å². The molecule has 1 rings (SSSR count). The summed E-state index contributed by atoms with van der Waals surface area (Å²) in [6.07, 6.45) is 0.256. The van der Waals surface area contributed by atoms with Crippen molar-refractivity contribution in [2.45, 2.75) is 25.2 Å². The van der Waals surface area contributed by atoms with Gasteiger partial charge in [-0.3, -0.25) is 20.4 Å². The van der Waals surface area contributed by atoms with Crippen molar-refractivity contribution in [2.75, 3.05) is 27.4 Å². The minimum Gasteiger partial charge on any atom is -0.495 e. The Bertz CT molecular complexity index is 734. The summed E-state index contributed by atoms with van der Waals surface area (Å²) in [5.74, 6) is -0.743. The number of methoxy groups -OCH3 is 2. The Kier molecular flexibility index (Phi) is 8.49. The maximum Gasteiger partial charge on any atom is 0.269 e. The second-order valence-electron chi connectivity index (χ2n) is 5.86. The molecule has 2 amide bonds. The molecule has 0 unspecified atom stereocenters. The summed E-state index contributed by atoms with van der Waals surface area (Å²) in [6.45, 7) is 4.02. The van der Waals surface area contributed by atoms with Gasteiger partial charge in [0.2, 0.25) is 15.9 Å². The first-order chi connectivity index (χ1) is 12.2. The summed E-state index contributed by atoms with van der Waals surface area (Å²) in [4.78, 5) is 23.6. The minimum atomic E-state index is -3.90. The van der Waals surface area contributed by atoms with Crippen molar-refractivity contribution in [1.82, 2.24) is 15.6 Å². The summed E-state index contributed by atoms with van der Waals surface area (Å²) in [5, 5.41) is 0. The number of sulfonamides is 1. The van der Waals surface area contributed by atoms with Crippen LogP contribution < -0.4 is 20.3 Å². The van der Waals surface area contributed by atoms with Crippen LogP contribution in [-0.2, 0) is 19.6 Å². The zero-order valence-electron chi connectivity index (χ0n) is 15.3. The van der Waals surface area contributed by atoms with E-state index in [9.17, 15) is 18.0 Å². The number of carbonyl (C=O) groups excluding carboxylic acids is 2. The zero-order chi connectivity index (χ0) is 19.7. The molecule has 1 aromatic rings. The Morgan fingerprint density at radius 3 is 2.42 bits per heavy atom. The third-order valence-electron chi connectivity index (χ3n) is 3.22. The second-order valence-corrected chi connectivity index (χ2v) is 7.59. The molecule has 0 radical (unpaired) electrons. The highest BCUT2D eigenvalue weighted by molar-refractivity contribution is 7.89. The van der Waals surface area contributed by atoms with Crippen LogP contribution in [-0.4, -0.2) is 47.6 Å². The molecule has 26 heavy (non-hydrogen) atoms. The van der Waals surface area contributed by atoms with Crippen LogP contribution in [0, 0.1) is 5.92 Å². The van der Waals surface area contributed by atoms with Gasteiger partial charge in [0, 0.05) is 25.6 Å². The van der Waals surface area contributed by atoms with Crippen molar-refractivity contribution in [3.8, 4) is 5.75 Å². The molecule has 0 aliphatic rings. The van der Waals surface area contributed by atoms with E-state index in [2.05, 4.69) is 15.6 Å². The van der Waals surface area contributed by atoms with Gasteiger partial charge in [-0.1, -0.05) is 13.8 Å². The maximum absolute atomic E-state index is 12.4. The average molecular weight is 387 g/mol. The first-order valence-electron chi connectivity index (χ1n) is 7.97. The molecule has 3 N–H and O–H groups in total. The molecule has 0 aliphatic carbocycles. The first-order valence-corrected chi connectivity index (χ1v) is 9.45. The summed E-state index contributed by atoms with van der Waals surface area (Å²) < 4.78 is 37.0. The Labute approximate surface area is 153 Å². The smallest absolute Gasteiger partial charge is 0.269 e. The van der Waals surface area contributed by atoms with Gasteiger partial charge in [-0.25, -0.2) is 13.1 Å². The third kappa shape index (κ3) is 6.62. The quantitative estimate of drug-likeness (QED) is 0.417. The van der Waals surface area contributed by atoms with Crippen LogP contribution in [0.2, 0.25) is 0 Å². The van der Waals surface area contributed by atoms with Crippen molar-refractivity contribution in [2.24, 2.45) is 5.92 Å². The van der Waals surface area contributed by atoms with Gasteiger partial charge in [-0.05, 0) is 24.1 Å². The van der Waals surface area contributed by atoms with Gasteiger partial charge in [0.25, 0.3) is 5.91 Å². The molecule has 0 saturated carbocycles. The molecule has 9 nitrogen and oxygen atoms in total. The number of hydrogen-bond acceptors (Lipinski definition) is 6. The number of rotatable bonds is 9. The van der Waals surface area contributed by atoms with Crippen molar-refractivity contribution < 1.29 is 27.5 Å². The lowest BCUT2D eigenvalue weighted by Crippen LogP contribution is -2.42. The van der Waals surface area contributed by atoms with Gasteiger partial charge in [0.15, 0.2) is 0 Å². The van der Waals surface area contributed by atoms with Crippen molar-refractivity contribution in [1.29, 1.82) is 0 Å². The van der Waals surface area contributed by atoms with E-state index in [0.29, 0.717) is 0 Å². The van der Waals surface area contributed by atoms with Crippen molar-refractivity contribution >= 4 is 21.8 Å². The van der Waals surface area contributed by atoms with Crippen molar-refractivity contribution in [3.63, 3.8) is 0 Å². The average Bonchev–Trinajstić information content (AvgIpc) is 2.58. The molecule has 0 spiro atoms. The molecule has 0 aliphatic heterocycles. The summed E-state index contributed by atoms with van der Waals surface area (Å²) in [6, 6.07) is 3.95. The lowest BCUT2D eigenvalue weighted by atomic mass is 10.1. The molecule has 0 heterocycles. The maximum atomic E-state index is 12.4. The number of benzene rings is 1. The molecule has 0 fully saturated rings. The molecule has 146 valence electrons. The summed E-state index contributed by atoms with van der Waals surface area (Å²) in [7, 11) is -1.12. The predicted molar refractivity (Wildman–Crippen MR) is 95.1 cm³/mol. The van der Waals surface area contributed by atoms with Crippen LogP contribution in [0.25, 0.3) is 0 Å². The van der Waals surface area contributed by atoms with E-state index in [0.717, 1.165) is 0 Å². The molecular formula is C16H25N3O6S. The zero-order valence-corrected chi connectivity index (χ0v) is 16.1. The fraction of sp³-hybridized carbons (Fsp3) is 0.500. The predicted octanol–water partition coefficient (Wildman–Crippen LogP) is 0.427. The molecule has 0 bridgehead atoms. The number of hydrazine groups is 1. The number of ether oxygens (including phenoxy) is 2. The fourth-order valence-corrected chi connectivity index (χ4v) is 3.21. The highest BCUT2D eigenvalue weighted by atomic mass is 32.2. The Balaban J connectivity index is 2.94. The molecule has 10 heteroatoms. The van der Waals surface area contributed by atoms with Gasteiger partial charge in [0.05, 0.1) is 13.7 Å². The SMILES string of the molecule is COCCNS(=O)(=O)c1cc(C(=O)NNC(=O)CC(C)C)ccc1OC. The van der Waals surface area contributed by atoms with Crippen molar-refractivity contribution in [3.05, 3.63) is 23.8 Å². The van der Waals surface area contributed by atoms with E-state index >= 15 is 0 Å². The standard InChI is InChI=1S/C16H25N3O6S/c1-11(2)9-15(20)18-19-16(21)12-5-6-13(25-4)14(10-12)26(22,23)17-7-8-24-3/h5-6,10-11,17H,7-9H2,1-4H3,(H,18,20)(H,19,21). The van der Waals surface area contributed by atoms with Gasteiger partial charge < -0.3 is 9.47 Å². The number of nitrogens with one attached hydrogen (secondary N) is 3. The Hall–Kier alpha value is -2.17. The highest BCUT2D eigenvalue weighted by Gasteiger charge is 2.21. The van der Waals surface area contributed by atoms with Crippen LogP contribution in [0.3, 0.4) is 0 Å². The van der Waals surface area contributed by atoms with Crippen LogP contribution in [0.5, 0.6) is 5.75 Å². The Morgan fingerprint density at radius 1 is 1.15 bits per heavy atom. The molecule has 0 atom stereocenters. The number of hydrogen-bond donors (Lipinski definition) is 3. The Morgan fingerprint density at radius 2 is 1.85 bits per heavy atom. The van der Waals surface area contributed by atoms with E-state index in [1.165, 1.54) is 32.4 Å². The van der Waals surface area contributed by atoms with Gasteiger partial charge >= 0.3 is 0 Å². The molecule has 0 aromatic heterocycles. The number of amides is 2. The van der Waals surface area contributed by atoms with E-state index in [4.69, 9.17) is 9.47 Å². The lowest BCUT2D eigenvalue weighted by molar-refractivity contribution is -0.122. The van der Waals surface area contributed by atoms with E-state index in [1.807, 2.05) is 13.8 Å². The third-order valence-corrected chi connectivity index (χ3v) is 4.70. The van der Waals surface area contributed by atoms with Crippen LogP contribution in [0.1, 0.15) is 30.6 Å². The second kappa shape index (κ2) is 10.1. The topological polar surface area (TPSA) is 123 Å². The lowest BCUT2D eigenvalue weighted by Gasteiger charge is -2.13. The van der Waals surface area contributed by atoms with E-state index in [-0.39, 0.29) is 47.6 Å². The molecular weight excluding hydrogens is 362 g/mol. The number of carbonyl (C=O) groups is 2. The highest BCUT2D eigenvalue weighted by Crippen LogP contribution is 2.24. The summed E-state index contributed by atoms with van der Waals surface area (Å²) >= 11 is 0. The summed E-state index contributed by atoms with van der Waals surface area (Å²) in [5.41, 5.74) is 4.61.